The molecule has 0 atom stereocenters. The van der Waals surface area contributed by atoms with Crippen molar-refractivity contribution in [3.05, 3.63) is 45.6 Å². The third-order valence-corrected chi connectivity index (χ3v) is 5.76. The lowest BCUT2D eigenvalue weighted by Crippen LogP contribution is -2.44. The Hall–Kier alpha value is -2.01. The topological polar surface area (TPSA) is 66.4 Å². The Morgan fingerprint density at radius 1 is 1.23 bits per heavy atom. The number of nitrogens with zero attached hydrogens (tertiary/aromatic N) is 3. The van der Waals surface area contributed by atoms with Gasteiger partial charge in [0, 0.05) is 32.1 Å². The minimum Gasteiger partial charge on any atom is -0.493 e. The maximum Gasteiger partial charge on any atom is 0.243 e. The molecule has 0 aliphatic carbocycles. The quantitative estimate of drug-likeness (QED) is 0.344. The van der Waals surface area contributed by atoms with E-state index in [9.17, 15) is 4.79 Å². The number of halogens is 1. The average Bonchev–Trinajstić information content (AvgIpc) is 3.25. The molecule has 1 amide bonds. The Morgan fingerprint density at radius 2 is 1.93 bits per heavy atom. The van der Waals surface area contributed by atoms with Crippen LogP contribution >= 0.6 is 35.3 Å². The maximum atomic E-state index is 12.1. The molecule has 0 spiro atoms. The minimum atomic E-state index is -0.0239. The molecule has 1 aromatic carbocycles. The number of thiophene rings is 1. The van der Waals surface area contributed by atoms with E-state index < -0.39 is 0 Å². The number of methoxy groups -OCH3 is 2. The van der Waals surface area contributed by atoms with Gasteiger partial charge in [-0.15, -0.1) is 35.3 Å². The molecule has 1 aromatic heterocycles. The summed E-state index contributed by atoms with van der Waals surface area (Å²) >= 11 is 1.70. The van der Waals surface area contributed by atoms with E-state index in [1.165, 1.54) is 16.0 Å². The summed E-state index contributed by atoms with van der Waals surface area (Å²) in [6.45, 7) is 2.31. The number of hydrogen-bond acceptors (Lipinski definition) is 5. The van der Waals surface area contributed by atoms with Crippen molar-refractivity contribution in [3.8, 4) is 11.5 Å². The molecule has 0 saturated carbocycles. The standard InChI is InChI=1S/C21H28N4O3S.HI/c1-24(2)20(26)13-23-21(22-12-17-6-5-9-29-17)25-8-7-15-10-18(27-3)19(28-4)11-16(15)14-25;/h5-6,9-11H,7-8,12-14H2,1-4H3,(H,22,23);1H. The average molecular weight is 544 g/mol. The zero-order valence-corrected chi connectivity index (χ0v) is 21.0. The van der Waals surface area contributed by atoms with Crippen LogP contribution in [0, 0.1) is 0 Å². The van der Waals surface area contributed by atoms with Gasteiger partial charge in [0.1, 0.15) is 6.54 Å². The van der Waals surface area contributed by atoms with Crippen LogP contribution in [-0.4, -0.2) is 63.1 Å². The second-order valence-electron chi connectivity index (χ2n) is 7.01. The molecule has 2 aromatic rings. The van der Waals surface area contributed by atoms with Crippen LogP contribution in [0.25, 0.3) is 0 Å². The third-order valence-electron chi connectivity index (χ3n) is 4.88. The fourth-order valence-electron chi connectivity index (χ4n) is 3.19. The van der Waals surface area contributed by atoms with Crippen LogP contribution in [-0.2, 0) is 24.3 Å². The maximum absolute atomic E-state index is 12.1. The fraction of sp³-hybridized carbons (Fsp3) is 0.429. The van der Waals surface area contributed by atoms with Gasteiger partial charge in [0.2, 0.25) is 5.91 Å². The van der Waals surface area contributed by atoms with Gasteiger partial charge < -0.3 is 24.6 Å². The van der Waals surface area contributed by atoms with Crippen molar-refractivity contribution in [2.45, 2.75) is 19.5 Å². The van der Waals surface area contributed by atoms with Crippen LogP contribution in [0.1, 0.15) is 16.0 Å². The van der Waals surface area contributed by atoms with E-state index in [0.717, 1.165) is 30.4 Å². The molecule has 3 rings (SSSR count). The van der Waals surface area contributed by atoms with Crippen LogP contribution in [0.4, 0.5) is 0 Å². The van der Waals surface area contributed by atoms with Crippen LogP contribution in [0.3, 0.4) is 0 Å². The number of likely N-dealkylation sites (N-methyl/N-ethyl adjacent to an activating group) is 1. The van der Waals surface area contributed by atoms with E-state index in [2.05, 4.69) is 32.7 Å². The van der Waals surface area contributed by atoms with E-state index >= 15 is 0 Å². The Labute approximate surface area is 199 Å². The molecule has 0 radical (unpaired) electrons. The number of nitrogens with one attached hydrogen (secondary N) is 1. The van der Waals surface area contributed by atoms with Gasteiger partial charge in [-0.05, 0) is 41.1 Å². The molecule has 7 nitrogen and oxygen atoms in total. The van der Waals surface area contributed by atoms with Crippen molar-refractivity contribution in [1.82, 2.24) is 15.1 Å². The minimum absolute atomic E-state index is 0. The van der Waals surface area contributed by atoms with Crippen LogP contribution < -0.4 is 14.8 Å². The first-order chi connectivity index (χ1) is 14.0. The monoisotopic (exact) mass is 544 g/mol. The summed E-state index contributed by atoms with van der Waals surface area (Å²) in [7, 11) is 6.79. The molecular formula is C21H29IN4O3S. The van der Waals surface area contributed by atoms with Crippen molar-refractivity contribution < 1.29 is 14.3 Å². The smallest absolute Gasteiger partial charge is 0.243 e. The first-order valence-corrected chi connectivity index (χ1v) is 10.4. The van der Waals surface area contributed by atoms with Gasteiger partial charge in [-0.25, -0.2) is 4.99 Å². The largest absolute Gasteiger partial charge is 0.493 e. The van der Waals surface area contributed by atoms with Crippen LogP contribution in [0.5, 0.6) is 11.5 Å². The molecule has 0 saturated heterocycles. The van der Waals surface area contributed by atoms with E-state index in [-0.39, 0.29) is 36.4 Å². The number of fused-ring (bicyclic) bond motifs is 1. The predicted octanol–water partition coefficient (Wildman–Crippen LogP) is 2.98. The first-order valence-electron chi connectivity index (χ1n) is 9.51. The Bertz CT molecular complexity index is 871. The number of amides is 1. The predicted molar refractivity (Wildman–Crippen MR) is 131 cm³/mol. The Balaban J connectivity index is 0.00000320. The van der Waals surface area contributed by atoms with Gasteiger partial charge in [-0.3, -0.25) is 4.79 Å². The second-order valence-corrected chi connectivity index (χ2v) is 8.04. The zero-order valence-electron chi connectivity index (χ0n) is 17.8. The number of ether oxygens (including phenoxy) is 2. The molecule has 0 unspecified atom stereocenters. The van der Waals surface area contributed by atoms with Gasteiger partial charge >= 0.3 is 0 Å². The van der Waals surface area contributed by atoms with E-state index in [0.29, 0.717) is 13.1 Å². The third kappa shape index (κ3) is 6.00. The lowest BCUT2D eigenvalue weighted by Gasteiger charge is -2.32. The van der Waals surface area contributed by atoms with Crippen LogP contribution in [0.2, 0.25) is 0 Å². The van der Waals surface area contributed by atoms with Gasteiger partial charge in [0.05, 0.1) is 20.8 Å². The normalized spacial score (nSPS) is 13.2. The molecule has 0 fully saturated rings. The summed E-state index contributed by atoms with van der Waals surface area (Å²) in [5.41, 5.74) is 2.43. The van der Waals surface area contributed by atoms with Crippen molar-refractivity contribution in [1.29, 1.82) is 0 Å². The van der Waals surface area contributed by atoms with Gasteiger partial charge in [0.15, 0.2) is 17.5 Å². The highest BCUT2D eigenvalue weighted by molar-refractivity contribution is 14.0. The van der Waals surface area contributed by atoms with Crippen LogP contribution in [0.15, 0.2) is 34.6 Å². The van der Waals surface area contributed by atoms with Gasteiger partial charge in [-0.1, -0.05) is 6.07 Å². The molecule has 1 aliphatic heterocycles. The number of benzene rings is 1. The lowest BCUT2D eigenvalue weighted by molar-refractivity contribution is -0.127. The molecule has 164 valence electrons. The number of carbonyl (C=O) groups excluding carboxylic acids is 1. The molecule has 2 heterocycles. The highest BCUT2D eigenvalue weighted by Crippen LogP contribution is 2.33. The lowest BCUT2D eigenvalue weighted by atomic mass is 9.99. The van der Waals surface area contributed by atoms with Crippen molar-refractivity contribution in [2.24, 2.45) is 4.99 Å². The highest BCUT2D eigenvalue weighted by atomic mass is 127. The number of rotatable bonds is 6. The van der Waals surface area contributed by atoms with E-state index in [1.807, 2.05) is 12.1 Å². The summed E-state index contributed by atoms with van der Waals surface area (Å²) in [6, 6.07) is 8.20. The van der Waals surface area contributed by atoms with Crippen molar-refractivity contribution in [3.63, 3.8) is 0 Å². The second kappa shape index (κ2) is 11.4. The molecule has 0 bridgehead atoms. The summed E-state index contributed by atoms with van der Waals surface area (Å²) in [6.07, 6.45) is 0.872. The molecule has 30 heavy (non-hydrogen) atoms. The first kappa shape index (κ1) is 24.3. The van der Waals surface area contributed by atoms with Crippen molar-refractivity contribution in [2.75, 3.05) is 41.4 Å². The summed E-state index contributed by atoms with van der Waals surface area (Å²) in [5, 5.41) is 5.48. The fourth-order valence-corrected chi connectivity index (χ4v) is 3.84. The number of aliphatic imine (C=N–C) groups is 1. The number of hydrogen-bond donors (Lipinski definition) is 1. The zero-order chi connectivity index (χ0) is 20.8. The molecule has 1 aliphatic rings. The Morgan fingerprint density at radius 3 is 2.53 bits per heavy atom. The number of guanidine groups is 1. The van der Waals surface area contributed by atoms with E-state index in [1.54, 1.807) is 44.6 Å². The van der Waals surface area contributed by atoms with Gasteiger partial charge in [0.25, 0.3) is 0 Å². The Kier molecular flexibility index (Phi) is 9.22. The van der Waals surface area contributed by atoms with E-state index in [4.69, 9.17) is 9.47 Å². The summed E-state index contributed by atoms with van der Waals surface area (Å²) in [5.74, 6) is 2.19. The summed E-state index contributed by atoms with van der Waals surface area (Å²) in [4.78, 5) is 21.6. The summed E-state index contributed by atoms with van der Waals surface area (Å²) < 4.78 is 10.9. The van der Waals surface area contributed by atoms with Gasteiger partial charge in [-0.2, -0.15) is 0 Å². The highest BCUT2D eigenvalue weighted by Gasteiger charge is 2.22. The molecular weight excluding hydrogens is 515 g/mol. The SMILES string of the molecule is COc1cc2c(cc1OC)CN(C(=NCC(=O)N(C)C)NCc1cccs1)CC2.I. The molecule has 9 heteroatoms. The molecule has 1 N–H and O–H groups in total. The number of carbonyl (C=O) groups is 1. The van der Waals surface area contributed by atoms with Crippen molar-refractivity contribution >= 4 is 47.2 Å².